The van der Waals surface area contributed by atoms with Crippen molar-refractivity contribution in [2.75, 3.05) is 13.1 Å². The number of carbonyl (C=O) groups is 2. The first-order valence-corrected chi connectivity index (χ1v) is 4.37. The lowest BCUT2D eigenvalue weighted by Gasteiger charge is -2.14. The Morgan fingerprint density at radius 1 is 1.50 bits per heavy atom. The van der Waals surface area contributed by atoms with Gasteiger partial charge in [-0.15, -0.1) is 0 Å². The van der Waals surface area contributed by atoms with Gasteiger partial charge in [0.1, 0.15) is 5.78 Å². The van der Waals surface area contributed by atoms with Crippen LogP contribution in [-0.4, -0.2) is 29.7 Å². The molecule has 1 aliphatic heterocycles. The van der Waals surface area contributed by atoms with Gasteiger partial charge in [0.05, 0.1) is 6.42 Å². The summed E-state index contributed by atoms with van der Waals surface area (Å²) in [6, 6.07) is 0. The Bertz CT molecular complexity index is 201. The standard InChI is InChI=1S/C9H15NO2/c1-7-3-4-10(6-7)9(12)5-8(2)11/h7H,3-6H2,1-2H3. The lowest BCUT2D eigenvalue weighted by Crippen LogP contribution is -2.29. The number of Topliss-reactive ketones (excluding diaryl/α,β-unsaturated/α-hetero) is 1. The van der Waals surface area contributed by atoms with Gasteiger partial charge in [-0.1, -0.05) is 6.92 Å². The van der Waals surface area contributed by atoms with Crippen LogP contribution in [0.4, 0.5) is 0 Å². The summed E-state index contributed by atoms with van der Waals surface area (Å²) in [6.45, 7) is 5.23. The molecule has 1 saturated heterocycles. The maximum Gasteiger partial charge on any atom is 0.230 e. The Morgan fingerprint density at radius 2 is 2.17 bits per heavy atom. The van der Waals surface area contributed by atoms with Gasteiger partial charge in [-0.05, 0) is 19.3 Å². The van der Waals surface area contributed by atoms with Crippen molar-refractivity contribution in [3.8, 4) is 0 Å². The molecule has 0 aromatic rings. The third-order valence-electron chi connectivity index (χ3n) is 2.18. The van der Waals surface area contributed by atoms with E-state index in [-0.39, 0.29) is 18.1 Å². The molecule has 1 fully saturated rings. The number of likely N-dealkylation sites (tertiary alicyclic amines) is 1. The van der Waals surface area contributed by atoms with Crippen LogP contribution in [0.25, 0.3) is 0 Å². The SMILES string of the molecule is CC(=O)CC(=O)N1CCC(C)C1. The topological polar surface area (TPSA) is 37.4 Å². The van der Waals surface area contributed by atoms with Gasteiger partial charge in [0.25, 0.3) is 0 Å². The van der Waals surface area contributed by atoms with Crippen molar-refractivity contribution in [2.24, 2.45) is 5.92 Å². The van der Waals surface area contributed by atoms with Crippen molar-refractivity contribution >= 4 is 11.7 Å². The van der Waals surface area contributed by atoms with Crippen molar-refractivity contribution in [2.45, 2.75) is 26.7 Å². The predicted molar refractivity (Wildman–Crippen MR) is 45.7 cm³/mol. The lowest BCUT2D eigenvalue weighted by atomic mass is 10.2. The molecule has 1 atom stereocenters. The first kappa shape index (κ1) is 9.23. The third-order valence-corrected chi connectivity index (χ3v) is 2.18. The summed E-state index contributed by atoms with van der Waals surface area (Å²) in [5, 5.41) is 0. The maximum atomic E-state index is 11.3. The monoisotopic (exact) mass is 169 g/mol. The predicted octanol–water partition coefficient (Wildman–Crippen LogP) is 0.834. The van der Waals surface area contributed by atoms with Crippen molar-refractivity contribution < 1.29 is 9.59 Å². The van der Waals surface area contributed by atoms with Crippen LogP contribution >= 0.6 is 0 Å². The first-order valence-electron chi connectivity index (χ1n) is 4.37. The minimum absolute atomic E-state index is 0.00755. The number of rotatable bonds is 2. The second-order valence-electron chi connectivity index (χ2n) is 3.61. The molecular weight excluding hydrogens is 154 g/mol. The highest BCUT2D eigenvalue weighted by Gasteiger charge is 2.23. The summed E-state index contributed by atoms with van der Waals surface area (Å²) in [5.41, 5.74) is 0. The Hall–Kier alpha value is -0.860. The van der Waals surface area contributed by atoms with E-state index in [1.807, 2.05) is 0 Å². The van der Waals surface area contributed by atoms with Crippen molar-refractivity contribution in [1.29, 1.82) is 0 Å². The fourth-order valence-electron chi connectivity index (χ4n) is 1.49. The highest BCUT2D eigenvalue weighted by molar-refractivity contribution is 5.96. The van der Waals surface area contributed by atoms with E-state index in [1.165, 1.54) is 6.92 Å². The molecule has 3 nitrogen and oxygen atoms in total. The smallest absolute Gasteiger partial charge is 0.230 e. The number of nitrogens with zero attached hydrogens (tertiary/aromatic N) is 1. The molecule has 0 aromatic heterocycles. The van der Waals surface area contributed by atoms with E-state index in [4.69, 9.17) is 0 Å². The zero-order valence-corrected chi connectivity index (χ0v) is 7.67. The summed E-state index contributed by atoms with van der Waals surface area (Å²) in [6.07, 6.45) is 1.15. The molecular formula is C9H15NO2. The molecule has 1 amide bonds. The number of hydrogen-bond acceptors (Lipinski definition) is 2. The van der Waals surface area contributed by atoms with Crippen LogP contribution in [-0.2, 0) is 9.59 Å². The van der Waals surface area contributed by atoms with E-state index in [1.54, 1.807) is 4.90 Å². The summed E-state index contributed by atoms with van der Waals surface area (Å²) in [5.74, 6) is 0.548. The average Bonchev–Trinajstić information content (AvgIpc) is 2.34. The molecule has 68 valence electrons. The molecule has 1 heterocycles. The van der Waals surface area contributed by atoms with Gasteiger partial charge >= 0.3 is 0 Å². The van der Waals surface area contributed by atoms with Gasteiger partial charge in [-0.25, -0.2) is 0 Å². The van der Waals surface area contributed by atoms with Crippen LogP contribution in [0, 0.1) is 5.92 Å². The molecule has 1 aliphatic rings. The molecule has 1 rings (SSSR count). The quantitative estimate of drug-likeness (QED) is 0.574. The van der Waals surface area contributed by atoms with E-state index in [9.17, 15) is 9.59 Å². The van der Waals surface area contributed by atoms with Gasteiger partial charge in [0, 0.05) is 13.1 Å². The summed E-state index contributed by atoms with van der Waals surface area (Å²) < 4.78 is 0. The Kier molecular flexibility index (Phi) is 2.84. The van der Waals surface area contributed by atoms with E-state index < -0.39 is 0 Å². The summed E-state index contributed by atoms with van der Waals surface area (Å²) in [4.78, 5) is 23.7. The Labute approximate surface area is 72.7 Å². The van der Waals surface area contributed by atoms with Crippen LogP contribution < -0.4 is 0 Å². The number of amides is 1. The molecule has 0 bridgehead atoms. The van der Waals surface area contributed by atoms with E-state index in [0.717, 1.165) is 19.5 Å². The zero-order chi connectivity index (χ0) is 9.14. The van der Waals surface area contributed by atoms with Gasteiger partial charge in [-0.3, -0.25) is 9.59 Å². The molecule has 1 unspecified atom stereocenters. The van der Waals surface area contributed by atoms with Crippen LogP contribution in [0.2, 0.25) is 0 Å². The summed E-state index contributed by atoms with van der Waals surface area (Å²) >= 11 is 0. The minimum atomic E-state index is -0.0421. The molecule has 0 aromatic carbocycles. The van der Waals surface area contributed by atoms with Crippen molar-refractivity contribution in [1.82, 2.24) is 4.90 Å². The Balaban J connectivity index is 2.38. The highest BCUT2D eigenvalue weighted by Crippen LogP contribution is 2.15. The van der Waals surface area contributed by atoms with Crippen LogP contribution in [0.1, 0.15) is 26.7 Å². The first-order chi connectivity index (χ1) is 5.59. The molecule has 0 radical (unpaired) electrons. The van der Waals surface area contributed by atoms with Gasteiger partial charge < -0.3 is 4.90 Å². The largest absolute Gasteiger partial charge is 0.342 e. The number of hydrogen-bond donors (Lipinski definition) is 0. The van der Waals surface area contributed by atoms with Gasteiger partial charge in [-0.2, -0.15) is 0 Å². The molecule has 0 spiro atoms. The fourth-order valence-corrected chi connectivity index (χ4v) is 1.49. The highest BCUT2D eigenvalue weighted by atomic mass is 16.2. The van der Waals surface area contributed by atoms with Crippen LogP contribution in [0.3, 0.4) is 0 Å². The van der Waals surface area contributed by atoms with Crippen molar-refractivity contribution in [3.05, 3.63) is 0 Å². The molecule has 0 N–H and O–H groups in total. The molecule has 0 saturated carbocycles. The number of ketones is 1. The number of carbonyl (C=O) groups excluding carboxylic acids is 2. The second-order valence-corrected chi connectivity index (χ2v) is 3.61. The molecule has 0 aliphatic carbocycles. The lowest BCUT2D eigenvalue weighted by molar-refractivity contribution is -0.134. The molecule has 12 heavy (non-hydrogen) atoms. The van der Waals surface area contributed by atoms with E-state index >= 15 is 0 Å². The maximum absolute atomic E-state index is 11.3. The van der Waals surface area contributed by atoms with Crippen LogP contribution in [0.5, 0.6) is 0 Å². The fraction of sp³-hybridized carbons (Fsp3) is 0.778. The van der Waals surface area contributed by atoms with Gasteiger partial charge in [0.15, 0.2) is 0 Å². The normalized spacial score (nSPS) is 22.8. The average molecular weight is 169 g/mol. The van der Waals surface area contributed by atoms with Crippen molar-refractivity contribution in [3.63, 3.8) is 0 Å². The Morgan fingerprint density at radius 3 is 2.58 bits per heavy atom. The second kappa shape index (κ2) is 3.70. The van der Waals surface area contributed by atoms with E-state index in [2.05, 4.69) is 6.92 Å². The molecule has 3 heteroatoms. The minimum Gasteiger partial charge on any atom is -0.342 e. The van der Waals surface area contributed by atoms with Gasteiger partial charge in [0.2, 0.25) is 5.91 Å². The van der Waals surface area contributed by atoms with Crippen LogP contribution in [0.15, 0.2) is 0 Å². The van der Waals surface area contributed by atoms with E-state index in [0.29, 0.717) is 5.92 Å². The third kappa shape index (κ3) is 2.32. The zero-order valence-electron chi connectivity index (χ0n) is 7.67. The summed E-state index contributed by atoms with van der Waals surface area (Å²) in [7, 11) is 0.